The molecule has 268 valence electrons. The minimum atomic E-state index is -0.203. The van der Waals surface area contributed by atoms with E-state index in [-0.39, 0.29) is 5.41 Å². The van der Waals surface area contributed by atoms with Gasteiger partial charge in [-0.25, -0.2) is 9.97 Å². The first-order valence-corrected chi connectivity index (χ1v) is 20.3. The van der Waals surface area contributed by atoms with Gasteiger partial charge in [0, 0.05) is 42.3 Å². The van der Waals surface area contributed by atoms with Gasteiger partial charge >= 0.3 is 0 Å². The van der Waals surface area contributed by atoms with Crippen LogP contribution in [0.2, 0.25) is 0 Å². The van der Waals surface area contributed by atoms with Crippen molar-refractivity contribution in [1.29, 1.82) is 0 Å². The summed E-state index contributed by atoms with van der Waals surface area (Å²) < 4.78 is 2.63. The zero-order valence-electron chi connectivity index (χ0n) is 31.4. The molecule has 0 atom stereocenters. The summed E-state index contributed by atoms with van der Waals surface area (Å²) in [7, 11) is 0. The molecule has 3 heteroatoms. The fraction of sp³-hybridized carbons (Fsp3) is 0.0370. The molecule has 1 aliphatic rings. The molecule has 2 heterocycles. The standard InChI is InChI=1S/C54H36N2S/c1-54(47-16-8-5-13-43(47)44-14-6-9-17-48(44)54)42-30-27-36(28-31-42)35-19-23-38(24-20-35)49-34-50(56-53(55-49)40-11-3-2-4-12-40)39-25-21-37(22-26-39)41-29-32-46-45-15-7-10-18-51(45)57-52(46)33-41/h2-34H,1H3. The van der Waals surface area contributed by atoms with Crippen LogP contribution in [-0.4, -0.2) is 9.97 Å². The van der Waals surface area contributed by atoms with Gasteiger partial charge in [0.2, 0.25) is 0 Å². The van der Waals surface area contributed by atoms with Crippen molar-refractivity contribution in [1.82, 2.24) is 9.97 Å². The van der Waals surface area contributed by atoms with Crippen LogP contribution >= 0.6 is 11.3 Å². The average molecular weight is 745 g/mol. The van der Waals surface area contributed by atoms with Gasteiger partial charge in [0.25, 0.3) is 0 Å². The maximum atomic E-state index is 5.10. The highest BCUT2D eigenvalue weighted by atomic mass is 32.1. The first kappa shape index (κ1) is 33.4. The minimum absolute atomic E-state index is 0.203. The number of fused-ring (bicyclic) bond motifs is 6. The molecule has 0 N–H and O–H groups in total. The Kier molecular flexibility index (Phi) is 7.84. The molecule has 0 radical (unpaired) electrons. The average Bonchev–Trinajstić information content (AvgIpc) is 3.79. The Hall–Kier alpha value is -6.94. The van der Waals surface area contributed by atoms with Crippen LogP contribution in [0.25, 0.3) is 87.5 Å². The fourth-order valence-electron chi connectivity index (χ4n) is 8.79. The zero-order valence-corrected chi connectivity index (χ0v) is 32.2. The van der Waals surface area contributed by atoms with Gasteiger partial charge in [-0.2, -0.15) is 0 Å². The summed E-state index contributed by atoms with van der Waals surface area (Å²) >= 11 is 1.85. The summed E-state index contributed by atoms with van der Waals surface area (Å²) in [5, 5.41) is 2.64. The molecule has 10 aromatic rings. The molecule has 8 aromatic carbocycles. The van der Waals surface area contributed by atoms with E-state index in [1.54, 1.807) is 0 Å². The van der Waals surface area contributed by atoms with Crippen LogP contribution in [0.5, 0.6) is 0 Å². The molecule has 0 aliphatic heterocycles. The monoisotopic (exact) mass is 744 g/mol. The Morgan fingerprint density at radius 2 is 0.842 bits per heavy atom. The molecule has 0 unspecified atom stereocenters. The van der Waals surface area contributed by atoms with Gasteiger partial charge in [-0.3, -0.25) is 0 Å². The SMILES string of the molecule is CC1(c2ccc(-c3ccc(-c4cc(-c5ccc(-c6ccc7c(c6)sc6ccccc67)cc5)nc(-c5ccccc5)n4)cc3)cc2)c2ccccc2-c2ccccc21. The van der Waals surface area contributed by atoms with Crippen molar-refractivity contribution in [2.75, 3.05) is 0 Å². The third-order valence-corrected chi connectivity index (χ3v) is 13.0. The Labute approximate surface area is 336 Å². The number of hydrogen-bond acceptors (Lipinski definition) is 3. The first-order valence-electron chi connectivity index (χ1n) is 19.5. The summed E-state index contributed by atoms with van der Waals surface area (Å²) in [5.41, 5.74) is 16.1. The smallest absolute Gasteiger partial charge is 0.160 e. The highest BCUT2D eigenvalue weighted by Crippen LogP contribution is 2.52. The van der Waals surface area contributed by atoms with E-state index in [2.05, 4.69) is 189 Å². The number of rotatable bonds is 6. The zero-order chi connectivity index (χ0) is 37.9. The molecule has 1 aliphatic carbocycles. The summed E-state index contributed by atoms with van der Waals surface area (Å²) in [6.45, 7) is 2.36. The highest BCUT2D eigenvalue weighted by molar-refractivity contribution is 7.25. The molecule has 0 amide bonds. The van der Waals surface area contributed by atoms with Crippen molar-refractivity contribution in [2.24, 2.45) is 0 Å². The van der Waals surface area contributed by atoms with E-state index in [0.29, 0.717) is 5.82 Å². The van der Waals surface area contributed by atoms with Crippen molar-refractivity contribution in [2.45, 2.75) is 12.3 Å². The number of nitrogens with zero attached hydrogens (tertiary/aromatic N) is 2. The third-order valence-electron chi connectivity index (χ3n) is 11.8. The van der Waals surface area contributed by atoms with E-state index in [1.807, 2.05) is 29.5 Å². The Balaban J connectivity index is 0.906. The van der Waals surface area contributed by atoms with E-state index in [9.17, 15) is 0 Å². The van der Waals surface area contributed by atoms with E-state index in [4.69, 9.17) is 9.97 Å². The number of thiophene rings is 1. The minimum Gasteiger partial charge on any atom is -0.228 e. The summed E-state index contributed by atoms with van der Waals surface area (Å²) in [4.78, 5) is 10.2. The largest absolute Gasteiger partial charge is 0.228 e. The van der Waals surface area contributed by atoms with E-state index >= 15 is 0 Å². The van der Waals surface area contributed by atoms with Gasteiger partial charge < -0.3 is 0 Å². The molecule has 0 saturated heterocycles. The maximum Gasteiger partial charge on any atom is 0.160 e. The predicted octanol–water partition coefficient (Wildman–Crippen LogP) is 14.5. The van der Waals surface area contributed by atoms with Gasteiger partial charge in [-0.05, 0) is 75.2 Å². The Bertz CT molecular complexity index is 3060. The quantitative estimate of drug-likeness (QED) is 0.169. The van der Waals surface area contributed by atoms with E-state index < -0.39 is 0 Å². The fourth-order valence-corrected chi connectivity index (χ4v) is 9.94. The normalized spacial score (nSPS) is 12.8. The van der Waals surface area contributed by atoms with Crippen molar-refractivity contribution in [3.8, 4) is 67.3 Å². The van der Waals surface area contributed by atoms with Crippen molar-refractivity contribution in [3.63, 3.8) is 0 Å². The maximum absolute atomic E-state index is 5.10. The second kappa shape index (κ2) is 13.4. The lowest BCUT2D eigenvalue weighted by atomic mass is 9.74. The van der Waals surface area contributed by atoms with Crippen LogP contribution in [0.15, 0.2) is 200 Å². The van der Waals surface area contributed by atoms with Gasteiger partial charge in [0.05, 0.1) is 11.4 Å². The predicted molar refractivity (Wildman–Crippen MR) is 240 cm³/mol. The van der Waals surface area contributed by atoms with Gasteiger partial charge in [-0.1, -0.05) is 182 Å². The van der Waals surface area contributed by atoms with Crippen LogP contribution < -0.4 is 0 Å². The number of hydrogen-bond donors (Lipinski definition) is 0. The van der Waals surface area contributed by atoms with Crippen molar-refractivity contribution >= 4 is 31.5 Å². The van der Waals surface area contributed by atoms with Crippen LogP contribution in [0.3, 0.4) is 0 Å². The molecule has 0 fully saturated rings. The molecule has 0 bridgehead atoms. The van der Waals surface area contributed by atoms with Crippen molar-refractivity contribution in [3.05, 3.63) is 217 Å². The molecule has 2 nitrogen and oxygen atoms in total. The van der Waals surface area contributed by atoms with Gasteiger partial charge in [0.15, 0.2) is 5.82 Å². The highest BCUT2D eigenvalue weighted by Gasteiger charge is 2.40. The molecule has 57 heavy (non-hydrogen) atoms. The molecular weight excluding hydrogens is 709 g/mol. The van der Waals surface area contributed by atoms with Crippen molar-refractivity contribution < 1.29 is 0 Å². The van der Waals surface area contributed by atoms with Gasteiger partial charge in [-0.15, -0.1) is 11.3 Å². The lowest BCUT2D eigenvalue weighted by Gasteiger charge is -2.28. The van der Waals surface area contributed by atoms with E-state index in [0.717, 1.165) is 28.1 Å². The molecule has 2 aromatic heterocycles. The summed E-state index contributed by atoms with van der Waals surface area (Å²) in [6.07, 6.45) is 0. The lowest BCUT2D eigenvalue weighted by Crippen LogP contribution is -2.22. The molecule has 11 rings (SSSR count). The van der Waals surface area contributed by atoms with Crippen LogP contribution in [0, 0.1) is 0 Å². The summed E-state index contributed by atoms with van der Waals surface area (Å²) in [5.74, 6) is 0.714. The Morgan fingerprint density at radius 3 is 1.47 bits per heavy atom. The second-order valence-corrected chi connectivity index (χ2v) is 16.2. The van der Waals surface area contributed by atoms with Gasteiger partial charge in [0.1, 0.15) is 0 Å². The lowest BCUT2D eigenvalue weighted by molar-refractivity contribution is 0.714. The topological polar surface area (TPSA) is 25.8 Å². The number of aromatic nitrogens is 2. The summed E-state index contributed by atoms with van der Waals surface area (Å²) in [6, 6.07) is 72.2. The second-order valence-electron chi connectivity index (χ2n) is 15.1. The van der Waals surface area contributed by atoms with Crippen LogP contribution in [0.1, 0.15) is 23.6 Å². The molecular formula is C54H36N2S. The first-order chi connectivity index (χ1) is 28.1. The number of benzene rings is 8. The molecule has 0 saturated carbocycles. The van der Waals surface area contributed by atoms with Crippen LogP contribution in [-0.2, 0) is 5.41 Å². The Morgan fingerprint density at radius 1 is 0.368 bits per heavy atom. The third kappa shape index (κ3) is 5.62. The van der Waals surface area contributed by atoms with Crippen LogP contribution in [0.4, 0.5) is 0 Å². The van der Waals surface area contributed by atoms with E-state index in [1.165, 1.54) is 70.2 Å². The molecule has 0 spiro atoms.